The van der Waals surface area contributed by atoms with E-state index < -0.39 is 5.41 Å². The SMILES string of the molecule is C=C(/C=C\C=C/C)NC(Cc1ccccc1)c1ccc2c(c1)Cc1ccccc1C21C=C/C=C\C(=C)c2ccccc21. The van der Waals surface area contributed by atoms with Crippen LogP contribution in [-0.2, 0) is 18.3 Å². The van der Waals surface area contributed by atoms with Crippen LogP contribution in [0, 0.1) is 0 Å². The molecule has 1 N–H and O–H groups in total. The average Bonchev–Trinajstić information content (AvgIpc) is 3.02. The van der Waals surface area contributed by atoms with Crippen LogP contribution in [-0.4, -0.2) is 0 Å². The molecule has 0 aliphatic heterocycles. The zero-order valence-corrected chi connectivity index (χ0v) is 24.3. The summed E-state index contributed by atoms with van der Waals surface area (Å²) < 4.78 is 0. The summed E-state index contributed by atoms with van der Waals surface area (Å²) >= 11 is 0. The molecule has 6 rings (SSSR count). The van der Waals surface area contributed by atoms with E-state index in [1.807, 2.05) is 31.2 Å². The number of nitrogens with one attached hydrogen (secondary N) is 1. The molecule has 0 bridgehead atoms. The standard InChI is InChI=1S/C41H37N/c1-4-5-7-17-31(3)42-40(27-32-18-8-6-9-19-32)34-24-25-38-35(29-34)28-33-20-10-12-22-37(33)41(38)26-15-14-16-30(2)36-21-11-13-23-39(36)41/h4-26,29,40,42H,2-3,27-28H2,1H3/b5-4-,16-14-,17-7-,26-15?. The average molecular weight is 544 g/mol. The quantitative estimate of drug-likeness (QED) is 0.229. The number of hydrogen-bond acceptors (Lipinski definition) is 1. The summed E-state index contributed by atoms with van der Waals surface area (Å²) in [6.07, 6.45) is 18.7. The van der Waals surface area contributed by atoms with Crippen molar-refractivity contribution in [3.05, 3.63) is 209 Å². The summed E-state index contributed by atoms with van der Waals surface area (Å²) in [6, 6.07) is 35.6. The van der Waals surface area contributed by atoms with Gasteiger partial charge in [0.2, 0.25) is 0 Å². The molecule has 4 aromatic carbocycles. The number of hydrogen-bond donors (Lipinski definition) is 1. The Hall–Kier alpha value is -4.88. The van der Waals surface area contributed by atoms with Gasteiger partial charge in [-0.15, -0.1) is 0 Å². The van der Waals surface area contributed by atoms with Crippen LogP contribution in [0.5, 0.6) is 0 Å². The van der Waals surface area contributed by atoms with Crippen molar-refractivity contribution in [1.82, 2.24) is 5.32 Å². The van der Waals surface area contributed by atoms with Crippen molar-refractivity contribution in [3.8, 4) is 0 Å². The molecule has 2 aliphatic rings. The van der Waals surface area contributed by atoms with Gasteiger partial charge in [-0.1, -0.05) is 153 Å². The smallest absolute Gasteiger partial charge is 0.0646 e. The Morgan fingerprint density at radius 3 is 2.40 bits per heavy atom. The molecule has 42 heavy (non-hydrogen) atoms. The maximum Gasteiger partial charge on any atom is 0.0646 e. The second-order valence-corrected chi connectivity index (χ2v) is 11.1. The fourth-order valence-corrected chi connectivity index (χ4v) is 6.56. The molecule has 4 aromatic rings. The Morgan fingerprint density at radius 2 is 1.57 bits per heavy atom. The lowest BCUT2D eigenvalue weighted by molar-refractivity contribution is 0.602. The third kappa shape index (κ3) is 5.15. The molecule has 2 unspecified atom stereocenters. The molecule has 0 fully saturated rings. The van der Waals surface area contributed by atoms with Gasteiger partial charge in [0.25, 0.3) is 0 Å². The second kappa shape index (κ2) is 11.9. The molecule has 2 aliphatic carbocycles. The van der Waals surface area contributed by atoms with E-state index in [1.165, 1.54) is 44.5 Å². The molecule has 2 atom stereocenters. The first-order chi connectivity index (χ1) is 20.6. The van der Waals surface area contributed by atoms with Gasteiger partial charge >= 0.3 is 0 Å². The van der Waals surface area contributed by atoms with Gasteiger partial charge in [0.05, 0.1) is 11.5 Å². The van der Waals surface area contributed by atoms with Crippen LogP contribution in [0.2, 0.25) is 0 Å². The minimum Gasteiger partial charge on any atom is -0.378 e. The first kappa shape index (κ1) is 27.3. The summed E-state index contributed by atoms with van der Waals surface area (Å²) in [5, 5.41) is 3.73. The highest BCUT2D eigenvalue weighted by Crippen LogP contribution is 2.50. The van der Waals surface area contributed by atoms with Crippen LogP contribution >= 0.6 is 0 Å². The summed E-state index contributed by atoms with van der Waals surface area (Å²) in [5.74, 6) is 0. The Balaban J connectivity index is 1.51. The van der Waals surface area contributed by atoms with Gasteiger partial charge < -0.3 is 5.32 Å². The lowest BCUT2D eigenvalue weighted by Crippen LogP contribution is -2.34. The molecule has 206 valence electrons. The predicted molar refractivity (Wildman–Crippen MR) is 178 cm³/mol. The minimum absolute atomic E-state index is 0.0800. The van der Waals surface area contributed by atoms with Crippen molar-refractivity contribution in [2.45, 2.75) is 31.2 Å². The first-order valence-electron chi connectivity index (χ1n) is 14.8. The number of rotatable bonds is 7. The molecule has 0 heterocycles. The first-order valence-corrected chi connectivity index (χ1v) is 14.8. The van der Waals surface area contributed by atoms with E-state index in [0.29, 0.717) is 0 Å². The van der Waals surface area contributed by atoms with Crippen LogP contribution in [0.25, 0.3) is 5.57 Å². The second-order valence-electron chi connectivity index (χ2n) is 11.1. The highest BCUT2D eigenvalue weighted by atomic mass is 14.9. The van der Waals surface area contributed by atoms with Crippen LogP contribution in [0.1, 0.15) is 57.5 Å². The van der Waals surface area contributed by atoms with Crippen LogP contribution < -0.4 is 5.32 Å². The highest BCUT2D eigenvalue weighted by Gasteiger charge is 2.42. The Labute approximate surface area is 250 Å². The summed E-state index contributed by atoms with van der Waals surface area (Å²) in [7, 11) is 0. The predicted octanol–water partition coefficient (Wildman–Crippen LogP) is 9.58. The zero-order valence-electron chi connectivity index (χ0n) is 24.3. The minimum atomic E-state index is -0.409. The zero-order chi connectivity index (χ0) is 28.9. The highest BCUT2D eigenvalue weighted by molar-refractivity contribution is 5.79. The fourth-order valence-electron chi connectivity index (χ4n) is 6.56. The van der Waals surface area contributed by atoms with Gasteiger partial charge in [0.15, 0.2) is 0 Å². The van der Waals surface area contributed by atoms with Gasteiger partial charge in [0.1, 0.15) is 0 Å². The van der Waals surface area contributed by atoms with E-state index in [1.54, 1.807) is 0 Å². The van der Waals surface area contributed by atoms with Crippen LogP contribution in [0.15, 0.2) is 165 Å². The van der Waals surface area contributed by atoms with Crippen molar-refractivity contribution in [1.29, 1.82) is 0 Å². The number of allylic oxidation sites excluding steroid dienone is 9. The lowest BCUT2D eigenvalue weighted by Gasteiger charge is -2.41. The monoisotopic (exact) mass is 543 g/mol. The molecular formula is C41H37N. The molecule has 0 aromatic heterocycles. The molecule has 0 saturated heterocycles. The van der Waals surface area contributed by atoms with Gasteiger partial charge in [-0.2, -0.15) is 0 Å². The molecule has 0 radical (unpaired) electrons. The van der Waals surface area contributed by atoms with E-state index in [0.717, 1.165) is 24.1 Å². The topological polar surface area (TPSA) is 12.0 Å². The molecule has 1 heteroatoms. The van der Waals surface area contributed by atoms with Crippen molar-refractivity contribution < 1.29 is 0 Å². The van der Waals surface area contributed by atoms with Crippen LogP contribution in [0.4, 0.5) is 0 Å². The van der Waals surface area contributed by atoms with E-state index in [2.05, 4.69) is 140 Å². The van der Waals surface area contributed by atoms with Crippen molar-refractivity contribution in [3.63, 3.8) is 0 Å². The van der Waals surface area contributed by atoms with Gasteiger partial charge in [-0.05, 0) is 75.9 Å². The van der Waals surface area contributed by atoms with Gasteiger partial charge in [0, 0.05) is 5.70 Å². The molecule has 0 saturated carbocycles. The molecule has 1 spiro atoms. The molecule has 1 nitrogen and oxygen atoms in total. The normalized spacial score (nSPS) is 18.6. The third-order valence-electron chi connectivity index (χ3n) is 8.48. The van der Waals surface area contributed by atoms with Crippen molar-refractivity contribution in [2.75, 3.05) is 0 Å². The summed E-state index contributed by atoms with van der Waals surface area (Å²) in [6.45, 7) is 10.8. The van der Waals surface area contributed by atoms with Crippen molar-refractivity contribution >= 4 is 5.57 Å². The maximum atomic E-state index is 4.43. The summed E-state index contributed by atoms with van der Waals surface area (Å²) in [4.78, 5) is 0. The molecular weight excluding hydrogens is 506 g/mol. The van der Waals surface area contributed by atoms with E-state index in [-0.39, 0.29) is 6.04 Å². The summed E-state index contributed by atoms with van der Waals surface area (Å²) in [5.41, 5.74) is 12.0. The van der Waals surface area contributed by atoms with Gasteiger partial charge in [-0.3, -0.25) is 0 Å². The lowest BCUT2D eigenvalue weighted by atomic mass is 9.61. The van der Waals surface area contributed by atoms with Crippen molar-refractivity contribution in [2.24, 2.45) is 0 Å². The van der Waals surface area contributed by atoms with E-state index in [9.17, 15) is 0 Å². The van der Waals surface area contributed by atoms with E-state index >= 15 is 0 Å². The largest absolute Gasteiger partial charge is 0.378 e. The van der Waals surface area contributed by atoms with Gasteiger partial charge in [-0.25, -0.2) is 0 Å². The Bertz CT molecular complexity index is 1750. The molecule has 0 amide bonds. The Morgan fingerprint density at radius 1 is 0.833 bits per heavy atom. The van der Waals surface area contributed by atoms with Crippen LogP contribution in [0.3, 0.4) is 0 Å². The third-order valence-corrected chi connectivity index (χ3v) is 8.48. The fraction of sp³-hybridized carbons (Fsp3) is 0.122. The van der Waals surface area contributed by atoms with E-state index in [4.69, 9.17) is 0 Å². The number of fused-ring (bicyclic) bond motifs is 6. The number of benzene rings is 4. The Kier molecular flexibility index (Phi) is 7.75. The maximum absolute atomic E-state index is 4.43.